The fourth-order valence-corrected chi connectivity index (χ4v) is 1.60. The first-order valence-electron chi connectivity index (χ1n) is 5.38. The molecule has 0 saturated heterocycles. The number of nitrogens with one attached hydrogen (secondary N) is 1. The van der Waals surface area contributed by atoms with Crippen LogP contribution in [0.25, 0.3) is 0 Å². The van der Waals surface area contributed by atoms with E-state index in [2.05, 4.69) is 11.4 Å². The van der Waals surface area contributed by atoms with Gasteiger partial charge in [-0.2, -0.15) is 0 Å². The van der Waals surface area contributed by atoms with Gasteiger partial charge in [-0.3, -0.25) is 0 Å². The lowest BCUT2D eigenvalue weighted by Gasteiger charge is -2.07. The number of benzene rings is 1. The molecule has 1 aromatic carbocycles. The van der Waals surface area contributed by atoms with Crippen LogP contribution in [0.1, 0.15) is 18.1 Å². The molecule has 1 aromatic rings. The van der Waals surface area contributed by atoms with Crippen LogP contribution in [0, 0.1) is 0 Å². The Balaban J connectivity index is 2.50. The molecule has 4 nitrogen and oxygen atoms in total. The molecule has 0 fully saturated rings. The van der Waals surface area contributed by atoms with Gasteiger partial charge in [-0.25, -0.2) is 4.79 Å². The van der Waals surface area contributed by atoms with Gasteiger partial charge in [-0.15, -0.1) is 0 Å². The Morgan fingerprint density at radius 1 is 1.50 bits per heavy atom. The topological polar surface area (TPSA) is 75.3 Å². The molecular formula is C12H18N2O2. The molecule has 0 heterocycles. The fraction of sp³-hybridized carbons (Fsp3) is 0.417. The van der Waals surface area contributed by atoms with Gasteiger partial charge in [0.1, 0.15) is 0 Å². The summed E-state index contributed by atoms with van der Waals surface area (Å²) in [5.74, 6) is 0. The number of hydrogen-bond acceptors (Lipinski definition) is 2. The Morgan fingerprint density at radius 2 is 2.19 bits per heavy atom. The molecule has 0 aliphatic heterocycles. The van der Waals surface area contributed by atoms with Crippen LogP contribution in [0.2, 0.25) is 0 Å². The number of amides is 1. The Bertz CT molecular complexity index is 351. The molecule has 1 rings (SSSR count). The van der Waals surface area contributed by atoms with Crippen LogP contribution < -0.4 is 11.1 Å². The van der Waals surface area contributed by atoms with Crippen LogP contribution in [-0.4, -0.2) is 23.8 Å². The zero-order valence-electron chi connectivity index (χ0n) is 9.44. The minimum Gasteiger partial charge on any atom is -0.465 e. The molecule has 0 aromatic heterocycles. The third-order valence-electron chi connectivity index (χ3n) is 2.24. The van der Waals surface area contributed by atoms with Gasteiger partial charge in [0.25, 0.3) is 0 Å². The van der Waals surface area contributed by atoms with Gasteiger partial charge in [0.2, 0.25) is 0 Å². The summed E-state index contributed by atoms with van der Waals surface area (Å²) in [5, 5.41) is 10.8. The van der Waals surface area contributed by atoms with E-state index in [4.69, 9.17) is 10.8 Å². The quantitative estimate of drug-likeness (QED) is 0.704. The predicted octanol–water partition coefficient (Wildman–Crippen LogP) is 1.39. The van der Waals surface area contributed by atoms with Crippen molar-refractivity contribution in [2.24, 2.45) is 5.73 Å². The van der Waals surface area contributed by atoms with Crippen molar-refractivity contribution in [3.8, 4) is 0 Å². The van der Waals surface area contributed by atoms with Crippen molar-refractivity contribution >= 4 is 6.09 Å². The predicted molar refractivity (Wildman–Crippen MR) is 63.5 cm³/mol. The summed E-state index contributed by atoms with van der Waals surface area (Å²) in [4.78, 5) is 10.3. The summed E-state index contributed by atoms with van der Waals surface area (Å²) in [6, 6.07) is 8.24. The van der Waals surface area contributed by atoms with Crippen molar-refractivity contribution < 1.29 is 9.90 Å². The maximum absolute atomic E-state index is 10.3. The molecule has 88 valence electrons. The smallest absolute Gasteiger partial charge is 0.404 e. The Hall–Kier alpha value is -1.55. The van der Waals surface area contributed by atoms with E-state index in [0.717, 1.165) is 12.0 Å². The lowest BCUT2D eigenvalue weighted by atomic mass is 10.0. The number of nitrogens with two attached hydrogens (primary N) is 1. The highest BCUT2D eigenvalue weighted by Gasteiger charge is 2.00. The lowest BCUT2D eigenvalue weighted by molar-refractivity contribution is 0.194. The molecule has 1 atom stereocenters. The summed E-state index contributed by atoms with van der Waals surface area (Å²) >= 11 is 0. The summed E-state index contributed by atoms with van der Waals surface area (Å²) in [6.45, 7) is 2.41. The van der Waals surface area contributed by atoms with E-state index >= 15 is 0 Å². The normalized spacial score (nSPS) is 12.1. The van der Waals surface area contributed by atoms with Gasteiger partial charge in [-0.05, 0) is 30.9 Å². The monoisotopic (exact) mass is 222 g/mol. The summed E-state index contributed by atoms with van der Waals surface area (Å²) in [7, 11) is 0. The average molecular weight is 222 g/mol. The third kappa shape index (κ3) is 4.79. The molecule has 1 amide bonds. The molecule has 0 radical (unpaired) electrons. The first-order valence-corrected chi connectivity index (χ1v) is 5.38. The molecule has 0 spiro atoms. The van der Waals surface area contributed by atoms with Crippen LogP contribution in [0.5, 0.6) is 0 Å². The molecule has 4 heteroatoms. The van der Waals surface area contributed by atoms with Gasteiger partial charge in [0.05, 0.1) is 0 Å². The summed E-state index contributed by atoms with van der Waals surface area (Å²) in [5.41, 5.74) is 8.05. The van der Waals surface area contributed by atoms with E-state index in [9.17, 15) is 4.79 Å². The number of carbonyl (C=O) groups is 1. The van der Waals surface area contributed by atoms with Crippen LogP contribution in [0.3, 0.4) is 0 Å². The highest BCUT2D eigenvalue weighted by Crippen LogP contribution is 2.07. The maximum atomic E-state index is 10.3. The molecule has 16 heavy (non-hydrogen) atoms. The largest absolute Gasteiger partial charge is 0.465 e. The second-order valence-electron chi connectivity index (χ2n) is 3.98. The van der Waals surface area contributed by atoms with E-state index in [0.29, 0.717) is 13.0 Å². The van der Waals surface area contributed by atoms with Crippen LogP contribution in [0.15, 0.2) is 24.3 Å². The van der Waals surface area contributed by atoms with Gasteiger partial charge >= 0.3 is 6.09 Å². The Morgan fingerprint density at radius 3 is 2.81 bits per heavy atom. The van der Waals surface area contributed by atoms with E-state index in [-0.39, 0.29) is 6.04 Å². The molecule has 0 saturated carbocycles. The molecule has 0 bridgehead atoms. The van der Waals surface area contributed by atoms with Gasteiger partial charge < -0.3 is 16.2 Å². The third-order valence-corrected chi connectivity index (χ3v) is 2.24. The molecular weight excluding hydrogens is 204 g/mol. The van der Waals surface area contributed by atoms with Crippen molar-refractivity contribution in [1.82, 2.24) is 5.32 Å². The minimum atomic E-state index is -0.980. The van der Waals surface area contributed by atoms with Crippen molar-refractivity contribution in [1.29, 1.82) is 0 Å². The van der Waals surface area contributed by atoms with Crippen molar-refractivity contribution in [2.45, 2.75) is 25.8 Å². The van der Waals surface area contributed by atoms with E-state index in [1.807, 2.05) is 25.1 Å². The number of rotatable bonds is 5. The standard InChI is InChI=1S/C12H18N2O2/c1-9(13)7-11-4-2-3-10(8-11)5-6-14-12(15)16/h2-4,8-9,14H,5-7,13H2,1H3,(H,15,16)/t9-/m1/s1. The zero-order valence-corrected chi connectivity index (χ0v) is 9.44. The average Bonchev–Trinajstić information content (AvgIpc) is 2.16. The van der Waals surface area contributed by atoms with Crippen LogP contribution in [-0.2, 0) is 12.8 Å². The van der Waals surface area contributed by atoms with Crippen molar-refractivity contribution in [2.75, 3.05) is 6.54 Å². The summed E-state index contributed by atoms with van der Waals surface area (Å²) < 4.78 is 0. The first-order chi connectivity index (χ1) is 7.58. The van der Waals surface area contributed by atoms with E-state index < -0.39 is 6.09 Å². The Kier molecular flexibility index (Phi) is 4.79. The van der Waals surface area contributed by atoms with E-state index in [1.54, 1.807) is 0 Å². The molecule has 0 aliphatic carbocycles. The lowest BCUT2D eigenvalue weighted by Crippen LogP contribution is -2.23. The Labute approximate surface area is 95.5 Å². The van der Waals surface area contributed by atoms with Gasteiger partial charge in [0, 0.05) is 12.6 Å². The second kappa shape index (κ2) is 6.12. The maximum Gasteiger partial charge on any atom is 0.404 e. The zero-order chi connectivity index (χ0) is 12.0. The minimum absolute atomic E-state index is 0.146. The van der Waals surface area contributed by atoms with E-state index in [1.165, 1.54) is 5.56 Å². The van der Waals surface area contributed by atoms with Crippen molar-refractivity contribution in [3.63, 3.8) is 0 Å². The summed E-state index contributed by atoms with van der Waals surface area (Å²) in [6.07, 6.45) is 0.575. The second-order valence-corrected chi connectivity index (χ2v) is 3.98. The molecule has 0 unspecified atom stereocenters. The SMILES string of the molecule is C[C@@H](N)Cc1cccc(CCNC(=O)O)c1. The van der Waals surface area contributed by atoms with Gasteiger partial charge in [0.15, 0.2) is 0 Å². The highest BCUT2D eigenvalue weighted by molar-refractivity contribution is 5.64. The van der Waals surface area contributed by atoms with Gasteiger partial charge in [-0.1, -0.05) is 24.3 Å². The van der Waals surface area contributed by atoms with Crippen molar-refractivity contribution in [3.05, 3.63) is 35.4 Å². The first kappa shape index (κ1) is 12.5. The van der Waals surface area contributed by atoms with Crippen LogP contribution in [0.4, 0.5) is 4.79 Å². The van der Waals surface area contributed by atoms with Crippen LogP contribution >= 0.6 is 0 Å². The fourth-order valence-electron chi connectivity index (χ4n) is 1.60. The molecule has 0 aliphatic rings. The number of carboxylic acid groups (broad SMARTS) is 1. The highest BCUT2D eigenvalue weighted by atomic mass is 16.4. The molecule has 4 N–H and O–H groups in total. The number of hydrogen-bond donors (Lipinski definition) is 3.